The highest BCUT2D eigenvalue weighted by Crippen LogP contribution is 2.47. The van der Waals surface area contributed by atoms with Gasteiger partial charge in [0, 0.05) is 11.1 Å². The summed E-state index contributed by atoms with van der Waals surface area (Å²) in [5.74, 6) is -2.15. The number of carboxylic acid groups (broad SMARTS) is 1. The SMILES string of the molecule is COc1cccc([C@H]2O[C@H](CC(=O)O)c3nnc(C(F)F)n3-c3ccc(C(F)(F)F)cc32)c1OC. The van der Waals surface area contributed by atoms with Gasteiger partial charge in [-0.3, -0.25) is 9.36 Å². The van der Waals surface area contributed by atoms with Crippen LogP contribution in [0.3, 0.4) is 0 Å². The van der Waals surface area contributed by atoms with E-state index in [1.165, 1.54) is 26.4 Å². The van der Waals surface area contributed by atoms with E-state index in [2.05, 4.69) is 10.2 Å². The zero-order valence-electron chi connectivity index (χ0n) is 18.2. The van der Waals surface area contributed by atoms with Crippen molar-refractivity contribution in [1.82, 2.24) is 14.8 Å². The quantitative estimate of drug-likeness (QED) is 0.483. The van der Waals surface area contributed by atoms with Crippen LogP contribution < -0.4 is 9.47 Å². The summed E-state index contributed by atoms with van der Waals surface area (Å²) in [4.78, 5) is 11.6. The van der Waals surface area contributed by atoms with Crippen LogP contribution in [0.1, 0.15) is 53.4 Å². The summed E-state index contributed by atoms with van der Waals surface area (Å²) in [6.45, 7) is 0. The molecular weight excluding hydrogens is 481 g/mol. The molecule has 0 aliphatic carbocycles. The van der Waals surface area contributed by atoms with Gasteiger partial charge in [0.1, 0.15) is 12.2 Å². The Kier molecular flexibility index (Phi) is 6.36. The molecule has 2 heterocycles. The van der Waals surface area contributed by atoms with Gasteiger partial charge < -0.3 is 19.3 Å². The van der Waals surface area contributed by atoms with Crippen molar-refractivity contribution in [2.75, 3.05) is 14.2 Å². The van der Waals surface area contributed by atoms with Gasteiger partial charge in [0.2, 0.25) is 5.82 Å². The van der Waals surface area contributed by atoms with Crippen molar-refractivity contribution in [2.45, 2.75) is 31.2 Å². The third kappa shape index (κ3) is 4.38. The summed E-state index contributed by atoms with van der Waals surface area (Å²) < 4.78 is 86.1. The summed E-state index contributed by atoms with van der Waals surface area (Å²) in [6, 6.07) is 7.08. The maximum atomic E-state index is 13.8. The molecule has 0 radical (unpaired) electrons. The molecule has 0 unspecified atom stereocenters. The summed E-state index contributed by atoms with van der Waals surface area (Å²) in [7, 11) is 2.67. The number of hydrogen-bond donors (Lipinski definition) is 1. The number of nitrogens with zero attached hydrogens (tertiary/aromatic N) is 3. The molecule has 2 atom stereocenters. The maximum absolute atomic E-state index is 13.8. The standard InChI is InChI=1S/C22H18F5N3O5/c1-33-14-5-3-4-11(18(14)34-2)17-12-8-10(22(25,26)27)6-7-13(12)30-20(15(35-17)9-16(31)32)28-29-21(30)19(23)24/h3-8,15,17,19H,9H2,1-2H3,(H,31,32)/t15-,17-/m1/s1. The van der Waals surface area contributed by atoms with Gasteiger partial charge in [0.15, 0.2) is 17.3 Å². The highest BCUT2D eigenvalue weighted by Gasteiger charge is 2.40. The number of carboxylic acids is 1. The lowest BCUT2D eigenvalue weighted by Gasteiger charge is -2.25. The summed E-state index contributed by atoms with van der Waals surface area (Å²) >= 11 is 0. The number of ether oxygens (including phenoxy) is 3. The highest BCUT2D eigenvalue weighted by molar-refractivity contribution is 5.68. The summed E-state index contributed by atoms with van der Waals surface area (Å²) in [6.07, 6.45) is -11.4. The predicted molar refractivity (Wildman–Crippen MR) is 109 cm³/mol. The molecule has 0 saturated heterocycles. The molecule has 8 nitrogen and oxygen atoms in total. The van der Waals surface area contributed by atoms with Gasteiger partial charge in [0.25, 0.3) is 6.43 Å². The van der Waals surface area contributed by atoms with E-state index in [1.807, 2.05) is 0 Å². The number of aliphatic carboxylic acids is 1. The Morgan fingerprint density at radius 1 is 1.14 bits per heavy atom. The van der Waals surface area contributed by atoms with Crippen LogP contribution in [-0.2, 0) is 15.7 Å². The van der Waals surface area contributed by atoms with Gasteiger partial charge in [-0.2, -0.15) is 13.2 Å². The zero-order chi connectivity index (χ0) is 25.5. The molecule has 3 aromatic rings. The second-order valence-corrected chi connectivity index (χ2v) is 7.51. The van der Waals surface area contributed by atoms with E-state index in [-0.39, 0.29) is 34.1 Å². The van der Waals surface area contributed by atoms with Crippen LogP contribution in [-0.4, -0.2) is 40.1 Å². The van der Waals surface area contributed by atoms with Crippen molar-refractivity contribution in [2.24, 2.45) is 0 Å². The molecule has 13 heteroatoms. The smallest absolute Gasteiger partial charge is 0.416 e. The van der Waals surface area contributed by atoms with Gasteiger partial charge in [-0.25, -0.2) is 8.78 Å². The van der Waals surface area contributed by atoms with Crippen molar-refractivity contribution in [1.29, 1.82) is 0 Å². The van der Waals surface area contributed by atoms with E-state index >= 15 is 0 Å². The van der Waals surface area contributed by atoms with Crippen molar-refractivity contribution >= 4 is 5.97 Å². The van der Waals surface area contributed by atoms with Gasteiger partial charge >= 0.3 is 12.1 Å². The maximum Gasteiger partial charge on any atom is 0.416 e. The Bertz CT molecular complexity index is 1260. The fourth-order valence-electron chi connectivity index (χ4n) is 4.01. The fraction of sp³-hybridized carbons (Fsp3) is 0.318. The molecule has 186 valence electrons. The Morgan fingerprint density at radius 2 is 1.89 bits per heavy atom. The average molecular weight is 499 g/mol. The van der Waals surface area contributed by atoms with E-state index in [1.54, 1.807) is 6.07 Å². The van der Waals surface area contributed by atoms with Crippen LogP contribution in [0.5, 0.6) is 11.5 Å². The number of halogens is 5. The number of hydrogen-bond acceptors (Lipinski definition) is 6. The second kappa shape index (κ2) is 9.13. The number of methoxy groups -OCH3 is 2. The minimum atomic E-state index is -4.76. The number of carbonyl (C=O) groups is 1. The zero-order valence-corrected chi connectivity index (χ0v) is 18.2. The molecule has 0 spiro atoms. The molecule has 1 aromatic heterocycles. The number of rotatable bonds is 6. The Labute approximate surface area is 194 Å². The first kappa shape index (κ1) is 24.4. The Balaban J connectivity index is 2.06. The molecule has 4 rings (SSSR count). The molecule has 0 amide bonds. The molecule has 1 N–H and O–H groups in total. The van der Waals surface area contributed by atoms with Crippen LogP contribution in [0.4, 0.5) is 22.0 Å². The van der Waals surface area contributed by atoms with E-state index < -0.39 is 48.6 Å². The van der Waals surface area contributed by atoms with Crippen LogP contribution in [0.2, 0.25) is 0 Å². The largest absolute Gasteiger partial charge is 0.493 e. The molecule has 1 aliphatic heterocycles. The first-order chi connectivity index (χ1) is 16.6. The average Bonchev–Trinajstić information content (AvgIpc) is 3.20. The third-order valence-electron chi connectivity index (χ3n) is 5.45. The fourth-order valence-corrected chi connectivity index (χ4v) is 4.01. The van der Waals surface area contributed by atoms with E-state index in [4.69, 9.17) is 14.2 Å². The summed E-state index contributed by atoms with van der Waals surface area (Å²) in [5, 5.41) is 16.6. The second-order valence-electron chi connectivity index (χ2n) is 7.51. The van der Waals surface area contributed by atoms with Crippen LogP contribution >= 0.6 is 0 Å². The van der Waals surface area contributed by atoms with Crippen molar-refractivity contribution in [3.63, 3.8) is 0 Å². The Morgan fingerprint density at radius 3 is 2.49 bits per heavy atom. The summed E-state index contributed by atoms with van der Waals surface area (Å²) in [5.41, 5.74) is -1.14. The minimum absolute atomic E-state index is 0.115. The normalized spacial score (nSPS) is 17.5. The van der Waals surface area contributed by atoms with Crippen molar-refractivity contribution in [3.8, 4) is 17.2 Å². The number of para-hydroxylation sites is 1. The molecule has 0 fully saturated rings. The lowest BCUT2D eigenvalue weighted by Crippen LogP contribution is -2.16. The van der Waals surface area contributed by atoms with Gasteiger partial charge in [0.05, 0.1) is 31.9 Å². The van der Waals surface area contributed by atoms with Crippen molar-refractivity contribution in [3.05, 3.63) is 64.7 Å². The van der Waals surface area contributed by atoms with Crippen LogP contribution in [0, 0.1) is 0 Å². The first-order valence-corrected chi connectivity index (χ1v) is 10.1. The third-order valence-corrected chi connectivity index (χ3v) is 5.45. The van der Waals surface area contributed by atoms with Crippen molar-refractivity contribution < 1.29 is 46.1 Å². The minimum Gasteiger partial charge on any atom is -0.493 e. The molecule has 0 bridgehead atoms. The lowest BCUT2D eigenvalue weighted by molar-refractivity contribution is -0.141. The molecule has 1 aliphatic rings. The molecule has 2 aromatic carbocycles. The monoisotopic (exact) mass is 499 g/mol. The van der Waals surface area contributed by atoms with Crippen LogP contribution in [0.25, 0.3) is 5.69 Å². The van der Waals surface area contributed by atoms with E-state index in [0.29, 0.717) is 0 Å². The number of fused-ring (bicyclic) bond motifs is 3. The number of benzene rings is 2. The molecule has 0 saturated carbocycles. The van der Waals surface area contributed by atoms with Gasteiger partial charge in [-0.05, 0) is 24.3 Å². The number of alkyl halides is 5. The van der Waals surface area contributed by atoms with Gasteiger partial charge in [-0.15, -0.1) is 10.2 Å². The predicted octanol–water partition coefficient (Wildman–Crippen LogP) is 4.88. The van der Waals surface area contributed by atoms with E-state index in [0.717, 1.165) is 22.8 Å². The topological polar surface area (TPSA) is 95.7 Å². The number of aromatic nitrogens is 3. The molecule has 35 heavy (non-hydrogen) atoms. The first-order valence-electron chi connectivity index (χ1n) is 10.1. The molecular formula is C22H18F5N3O5. The highest BCUT2D eigenvalue weighted by atomic mass is 19.4. The lowest BCUT2D eigenvalue weighted by atomic mass is 9.96. The van der Waals surface area contributed by atoms with Gasteiger partial charge in [-0.1, -0.05) is 12.1 Å². The Hall–Kier alpha value is -3.74. The van der Waals surface area contributed by atoms with Crippen LogP contribution in [0.15, 0.2) is 36.4 Å². The van der Waals surface area contributed by atoms with E-state index in [9.17, 15) is 31.9 Å².